The van der Waals surface area contributed by atoms with Gasteiger partial charge in [0.2, 0.25) is 0 Å². The largest absolute Gasteiger partial charge is 0.465 e. The number of anilines is 2. The number of carbonyl (C=O) groups is 1. The van der Waals surface area contributed by atoms with E-state index in [4.69, 9.17) is 5.73 Å². The molecule has 3 rings (SSSR count). The highest BCUT2D eigenvalue weighted by atomic mass is 16.4. The van der Waals surface area contributed by atoms with E-state index in [0.717, 1.165) is 0 Å². The standard InChI is InChI=1S/C18H19N5O3/c19-7-12-3-4-21-9-15(12)11-1-2-16(20)17(5-11)23(18(25)26)14-6-13(10-24)22-8-14/h1-5,9,13-14,22,24H,6,8,10,20H2,(H,25,26)/t13-,14-/m0/s1. The summed E-state index contributed by atoms with van der Waals surface area (Å²) in [5.74, 6) is 0. The zero-order valence-electron chi connectivity index (χ0n) is 14.0. The molecular formula is C18H19N5O3. The number of benzene rings is 1. The van der Waals surface area contributed by atoms with Gasteiger partial charge in [-0.15, -0.1) is 0 Å². The van der Waals surface area contributed by atoms with E-state index in [2.05, 4.69) is 16.4 Å². The number of pyridine rings is 1. The molecule has 134 valence electrons. The molecule has 2 atom stereocenters. The molecule has 1 amide bonds. The van der Waals surface area contributed by atoms with Crippen molar-refractivity contribution in [2.75, 3.05) is 23.8 Å². The Kier molecular flexibility index (Phi) is 5.02. The van der Waals surface area contributed by atoms with Crippen LogP contribution in [0.25, 0.3) is 11.1 Å². The van der Waals surface area contributed by atoms with Crippen LogP contribution < -0.4 is 16.0 Å². The minimum Gasteiger partial charge on any atom is -0.465 e. The van der Waals surface area contributed by atoms with E-state index in [1.54, 1.807) is 30.5 Å². The van der Waals surface area contributed by atoms with Crippen molar-refractivity contribution in [1.82, 2.24) is 10.3 Å². The average Bonchev–Trinajstić information content (AvgIpc) is 3.12. The normalized spacial score (nSPS) is 19.1. The highest BCUT2D eigenvalue weighted by molar-refractivity contribution is 5.93. The Bertz CT molecular complexity index is 864. The minimum absolute atomic E-state index is 0.0549. The van der Waals surface area contributed by atoms with Crippen LogP contribution in [0.1, 0.15) is 12.0 Å². The van der Waals surface area contributed by atoms with Crippen LogP contribution in [0.2, 0.25) is 0 Å². The third-order valence-electron chi connectivity index (χ3n) is 4.53. The smallest absolute Gasteiger partial charge is 0.412 e. The second-order valence-electron chi connectivity index (χ2n) is 6.14. The summed E-state index contributed by atoms with van der Waals surface area (Å²) in [5, 5.41) is 31.4. The van der Waals surface area contributed by atoms with Crippen LogP contribution in [0, 0.1) is 11.3 Å². The van der Waals surface area contributed by atoms with Crippen LogP contribution in [0.5, 0.6) is 0 Å². The maximum Gasteiger partial charge on any atom is 0.412 e. The van der Waals surface area contributed by atoms with Gasteiger partial charge in [0, 0.05) is 30.5 Å². The maximum atomic E-state index is 11.9. The molecule has 1 aromatic heterocycles. The molecule has 0 bridgehead atoms. The SMILES string of the molecule is N#Cc1ccncc1-c1ccc(N)c(N(C(=O)O)[C@@H]2CN[C@H](CO)C2)c1. The van der Waals surface area contributed by atoms with Gasteiger partial charge >= 0.3 is 6.09 Å². The number of hydrogen-bond acceptors (Lipinski definition) is 6. The van der Waals surface area contributed by atoms with E-state index in [9.17, 15) is 20.3 Å². The highest BCUT2D eigenvalue weighted by Crippen LogP contribution is 2.33. The number of aliphatic hydroxyl groups excluding tert-OH is 1. The first-order valence-electron chi connectivity index (χ1n) is 8.15. The first-order chi connectivity index (χ1) is 12.5. The number of nitriles is 1. The fourth-order valence-corrected chi connectivity index (χ4v) is 3.23. The molecule has 0 radical (unpaired) electrons. The second kappa shape index (κ2) is 7.39. The summed E-state index contributed by atoms with van der Waals surface area (Å²) < 4.78 is 0. The van der Waals surface area contributed by atoms with Crippen molar-refractivity contribution in [2.45, 2.75) is 18.5 Å². The molecule has 1 aliphatic rings. The molecule has 1 saturated heterocycles. The van der Waals surface area contributed by atoms with Crippen molar-refractivity contribution in [1.29, 1.82) is 5.26 Å². The van der Waals surface area contributed by atoms with Gasteiger partial charge in [0.15, 0.2) is 0 Å². The Balaban J connectivity index is 2.03. The Morgan fingerprint density at radius 3 is 2.92 bits per heavy atom. The number of aliphatic hydroxyl groups is 1. The van der Waals surface area contributed by atoms with Crippen LogP contribution in [0.15, 0.2) is 36.7 Å². The van der Waals surface area contributed by atoms with Gasteiger partial charge in [-0.1, -0.05) is 6.07 Å². The third-order valence-corrected chi connectivity index (χ3v) is 4.53. The van der Waals surface area contributed by atoms with Crippen molar-refractivity contribution in [3.63, 3.8) is 0 Å². The second-order valence-corrected chi connectivity index (χ2v) is 6.14. The number of nitrogen functional groups attached to an aromatic ring is 1. The van der Waals surface area contributed by atoms with Gasteiger partial charge in [-0.05, 0) is 30.2 Å². The highest BCUT2D eigenvalue weighted by Gasteiger charge is 2.33. The van der Waals surface area contributed by atoms with Crippen molar-refractivity contribution in [3.05, 3.63) is 42.2 Å². The average molecular weight is 353 g/mol. The monoisotopic (exact) mass is 353 g/mol. The number of carboxylic acid groups (broad SMARTS) is 1. The van der Waals surface area contributed by atoms with Crippen LogP contribution in [-0.2, 0) is 0 Å². The van der Waals surface area contributed by atoms with Crippen LogP contribution in [0.4, 0.5) is 16.2 Å². The summed E-state index contributed by atoms with van der Waals surface area (Å²) in [4.78, 5) is 17.2. The molecule has 26 heavy (non-hydrogen) atoms. The maximum absolute atomic E-state index is 11.9. The lowest BCUT2D eigenvalue weighted by Crippen LogP contribution is -2.41. The summed E-state index contributed by atoms with van der Waals surface area (Å²) in [7, 11) is 0. The molecule has 2 heterocycles. The van der Waals surface area contributed by atoms with E-state index in [0.29, 0.717) is 41.0 Å². The number of rotatable bonds is 4. The molecule has 1 aromatic carbocycles. The van der Waals surface area contributed by atoms with Gasteiger partial charge in [-0.25, -0.2) is 4.79 Å². The van der Waals surface area contributed by atoms with E-state index < -0.39 is 6.09 Å². The van der Waals surface area contributed by atoms with Crippen LogP contribution in [0.3, 0.4) is 0 Å². The fraction of sp³-hybridized carbons (Fsp3) is 0.278. The first-order valence-corrected chi connectivity index (χ1v) is 8.15. The van der Waals surface area contributed by atoms with Crippen molar-refractivity contribution < 1.29 is 15.0 Å². The minimum atomic E-state index is -1.12. The van der Waals surface area contributed by atoms with E-state index in [1.807, 2.05) is 0 Å². The van der Waals surface area contributed by atoms with Gasteiger partial charge in [0.1, 0.15) is 0 Å². The molecule has 8 nitrogen and oxygen atoms in total. The zero-order chi connectivity index (χ0) is 18.7. The predicted octanol–water partition coefficient (Wildman–Crippen LogP) is 1.41. The molecule has 1 fully saturated rings. The summed E-state index contributed by atoms with van der Waals surface area (Å²) in [6.45, 7) is 0.373. The molecule has 0 saturated carbocycles. The molecule has 8 heteroatoms. The lowest BCUT2D eigenvalue weighted by atomic mass is 10.0. The number of nitrogens with zero attached hydrogens (tertiary/aromatic N) is 3. The molecule has 0 unspecified atom stereocenters. The summed E-state index contributed by atoms with van der Waals surface area (Å²) in [6.07, 6.45) is 2.47. The van der Waals surface area contributed by atoms with Crippen molar-refractivity contribution in [3.8, 4) is 17.2 Å². The lowest BCUT2D eigenvalue weighted by Gasteiger charge is -2.27. The Labute approximate surface area is 150 Å². The number of nitrogens with one attached hydrogen (secondary N) is 1. The quantitative estimate of drug-likeness (QED) is 0.610. The predicted molar refractivity (Wildman–Crippen MR) is 96.6 cm³/mol. The number of amides is 1. The van der Waals surface area contributed by atoms with Gasteiger partial charge in [-0.3, -0.25) is 9.88 Å². The Morgan fingerprint density at radius 1 is 1.46 bits per heavy atom. The molecule has 5 N–H and O–H groups in total. The molecule has 1 aliphatic heterocycles. The summed E-state index contributed by atoms with van der Waals surface area (Å²) >= 11 is 0. The van der Waals surface area contributed by atoms with E-state index >= 15 is 0 Å². The van der Waals surface area contributed by atoms with Gasteiger partial charge in [0.25, 0.3) is 0 Å². The van der Waals surface area contributed by atoms with Crippen LogP contribution >= 0.6 is 0 Å². The fourth-order valence-electron chi connectivity index (χ4n) is 3.23. The Morgan fingerprint density at radius 2 is 2.27 bits per heavy atom. The molecule has 0 spiro atoms. The molecule has 0 aliphatic carbocycles. The number of hydrogen-bond donors (Lipinski definition) is 4. The van der Waals surface area contributed by atoms with Gasteiger partial charge < -0.3 is 21.3 Å². The lowest BCUT2D eigenvalue weighted by molar-refractivity contribution is 0.199. The first kappa shape index (κ1) is 17.7. The zero-order valence-corrected chi connectivity index (χ0v) is 14.0. The summed E-state index contributed by atoms with van der Waals surface area (Å²) in [5.41, 5.74) is 8.45. The van der Waals surface area contributed by atoms with Gasteiger partial charge in [0.05, 0.1) is 35.7 Å². The number of aromatic nitrogens is 1. The van der Waals surface area contributed by atoms with Crippen molar-refractivity contribution in [2.24, 2.45) is 0 Å². The van der Waals surface area contributed by atoms with Crippen LogP contribution in [-0.4, -0.2) is 46.5 Å². The topological polar surface area (TPSA) is 136 Å². The van der Waals surface area contributed by atoms with Gasteiger partial charge in [-0.2, -0.15) is 5.26 Å². The number of nitrogens with two attached hydrogens (primary N) is 1. The van der Waals surface area contributed by atoms with E-state index in [1.165, 1.54) is 11.1 Å². The summed E-state index contributed by atoms with van der Waals surface area (Å²) in [6, 6.07) is 8.25. The van der Waals surface area contributed by atoms with E-state index in [-0.39, 0.29) is 18.7 Å². The Hall–Kier alpha value is -3.15. The van der Waals surface area contributed by atoms with Crippen molar-refractivity contribution >= 4 is 17.5 Å². The molecular weight excluding hydrogens is 334 g/mol. The molecule has 2 aromatic rings. The third kappa shape index (κ3) is 3.31.